The number of aromatic nitrogens is 4. The van der Waals surface area contributed by atoms with Crippen LogP contribution in [0.5, 0.6) is 0 Å². The van der Waals surface area contributed by atoms with Crippen LogP contribution in [0.1, 0.15) is 29.2 Å². The van der Waals surface area contributed by atoms with Crippen molar-refractivity contribution in [3.63, 3.8) is 0 Å². The van der Waals surface area contributed by atoms with Crippen LogP contribution in [0, 0.1) is 11.8 Å². The summed E-state index contributed by atoms with van der Waals surface area (Å²) in [4.78, 5) is 4.41. The summed E-state index contributed by atoms with van der Waals surface area (Å²) in [5, 5.41) is 15.0. The minimum absolute atomic E-state index is 0.0416. The lowest BCUT2D eigenvalue weighted by Gasteiger charge is -2.15. The van der Waals surface area contributed by atoms with Crippen LogP contribution < -0.4 is 0 Å². The molecule has 0 aliphatic heterocycles. The molecule has 0 aliphatic rings. The molecule has 0 amide bonds. The summed E-state index contributed by atoms with van der Waals surface area (Å²) in [6, 6.07) is 2.88. The number of ether oxygens (including phenoxy) is 1. The summed E-state index contributed by atoms with van der Waals surface area (Å²) < 4.78 is 26.3. The Bertz CT molecular complexity index is 1180. The number of aryl methyl sites for hydroxylation is 1. The van der Waals surface area contributed by atoms with Crippen molar-refractivity contribution < 1.29 is 12.6 Å². The second-order valence-corrected chi connectivity index (χ2v) is 14.8. The molecular weight excluding hydrogens is 392 g/mol. The second kappa shape index (κ2) is 8.76. The third-order valence-electron chi connectivity index (χ3n) is 4.61. The van der Waals surface area contributed by atoms with Crippen LogP contribution in [0.15, 0.2) is 30.8 Å². The minimum Gasteiger partial charge on any atom is -0.378 e. The van der Waals surface area contributed by atoms with Crippen LogP contribution in [0.2, 0.25) is 25.7 Å². The van der Waals surface area contributed by atoms with Crippen molar-refractivity contribution in [1.82, 2.24) is 19.3 Å². The lowest BCUT2D eigenvalue weighted by atomic mass is 10.1. The molecule has 3 rings (SSSR count). The summed E-state index contributed by atoms with van der Waals surface area (Å²) in [7, 11) is -1.20. The van der Waals surface area contributed by atoms with Gasteiger partial charge in [-0.05, 0) is 38.8 Å². The molecule has 0 saturated heterocycles. The van der Waals surface area contributed by atoms with Crippen LogP contribution >= 0.6 is 0 Å². The molecule has 0 aliphatic carbocycles. The Hall–Kier alpha value is -2.40. The Morgan fingerprint density at radius 1 is 1.33 bits per heavy atom. The smallest absolute Gasteiger partial charge is 0.139 e. The van der Waals surface area contributed by atoms with Gasteiger partial charge in [0.1, 0.15) is 18.0 Å². The molecule has 0 saturated carbocycles. The number of hydrogen-bond donors (Lipinski definition) is 1. The van der Waals surface area contributed by atoms with Crippen LogP contribution in [0.25, 0.3) is 22.0 Å². The van der Waals surface area contributed by atoms with Gasteiger partial charge in [-0.2, -0.15) is 5.10 Å². The lowest BCUT2D eigenvalue weighted by molar-refractivity contribution is 0.0786. The van der Waals surface area contributed by atoms with E-state index < -0.39 is 13.7 Å². The van der Waals surface area contributed by atoms with Gasteiger partial charge in [0.25, 0.3) is 0 Å². The molecule has 30 heavy (non-hydrogen) atoms. The number of aliphatic hydroxyl groups is 1. The predicted molar refractivity (Wildman–Crippen MR) is 124 cm³/mol. The van der Waals surface area contributed by atoms with Crippen molar-refractivity contribution in [2.75, 3.05) is 6.61 Å². The molecule has 0 radical (unpaired) electrons. The quantitative estimate of drug-likeness (QED) is 0.346. The van der Waals surface area contributed by atoms with Gasteiger partial charge in [0, 0.05) is 50.1 Å². The third kappa shape index (κ3) is 5.82. The highest BCUT2D eigenvalue weighted by atomic mass is 28.3. The Kier molecular flexibility index (Phi) is 5.71. The molecule has 3 heterocycles. The number of rotatable bonds is 7. The largest absolute Gasteiger partial charge is 0.378 e. The summed E-state index contributed by atoms with van der Waals surface area (Å²) in [6.07, 6.45) is 3.87. The van der Waals surface area contributed by atoms with Crippen LogP contribution in [-0.4, -0.2) is 44.7 Å². The fourth-order valence-electron chi connectivity index (χ4n) is 2.93. The fraction of sp³-hybridized carbons (Fsp3) is 0.478. The average Bonchev–Trinajstić information content (AvgIpc) is 3.18. The van der Waals surface area contributed by atoms with Crippen molar-refractivity contribution in [3.8, 4) is 23.0 Å². The van der Waals surface area contributed by atoms with E-state index in [0.717, 1.165) is 29.1 Å². The molecule has 1 N–H and O–H groups in total. The fourth-order valence-corrected chi connectivity index (χ4v) is 3.69. The lowest BCUT2D eigenvalue weighted by Crippen LogP contribution is -2.22. The molecule has 0 bridgehead atoms. The summed E-state index contributed by atoms with van der Waals surface area (Å²) in [5.41, 5.74) is 1.51. The maximum absolute atomic E-state index is 9.90. The van der Waals surface area contributed by atoms with Crippen molar-refractivity contribution in [2.45, 2.75) is 65.3 Å². The summed E-state index contributed by atoms with van der Waals surface area (Å²) >= 11 is 0. The maximum atomic E-state index is 9.90. The Labute approximate surface area is 182 Å². The number of pyridine rings is 1. The van der Waals surface area contributed by atoms with Gasteiger partial charge in [-0.3, -0.25) is 0 Å². The Balaban J connectivity index is 1.99. The van der Waals surface area contributed by atoms with Crippen molar-refractivity contribution in [2.24, 2.45) is 0 Å². The number of hydrogen-bond acceptors (Lipinski definition) is 4. The van der Waals surface area contributed by atoms with Gasteiger partial charge in [0.05, 0.1) is 20.6 Å². The number of nitrogens with zero attached hydrogens (tertiary/aromatic N) is 4. The van der Waals surface area contributed by atoms with Crippen LogP contribution in [0.4, 0.5) is 0 Å². The van der Waals surface area contributed by atoms with Gasteiger partial charge in [-0.25, -0.2) is 9.67 Å². The SMILES string of the molecule is [2H]c1nn(COCC[Si](C)(C)C)c([2H])c1-c1cn(CC)c2cnc(C#CC(C)(C)O)cc12. The first-order valence-corrected chi connectivity index (χ1v) is 14.0. The first-order valence-electron chi connectivity index (χ1n) is 11.3. The van der Waals surface area contributed by atoms with E-state index in [0.29, 0.717) is 17.9 Å². The molecule has 3 aromatic rings. The van der Waals surface area contributed by atoms with Gasteiger partial charge in [-0.15, -0.1) is 0 Å². The van der Waals surface area contributed by atoms with Crippen molar-refractivity contribution in [3.05, 3.63) is 36.5 Å². The van der Waals surface area contributed by atoms with E-state index in [9.17, 15) is 5.11 Å². The van der Waals surface area contributed by atoms with E-state index in [1.807, 2.05) is 23.8 Å². The normalized spacial score (nSPS) is 13.2. The molecule has 7 heteroatoms. The highest BCUT2D eigenvalue weighted by Crippen LogP contribution is 2.30. The molecule has 160 valence electrons. The molecule has 0 spiro atoms. The Morgan fingerprint density at radius 3 is 2.77 bits per heavy atom. The van der Waals surface area contributed by atoms with Gasteiger partial charge in [0.15, 0.2) is 0 Å². The minimum atomic E-state index is -1.20. The zero-order valence-electron chi connectivity index (χ0n) is 20.7. The number of fused-ring (bicyclic) bond motifs is 1. The zero-order chi connectivity index (χ0) is 23.7. The van der Waals surface area contributed by atoms with E-state index in [1.54, 1.807) is 20.0 Å². The molecule has 6 nitrogen and oxygen atoms in total. The highest BCUT2D eigenvalue weighted by molar-refractivity contribution is 6.76. The molecule has 3 aromatic heterocycles. The molecule has 0 atom stereocenters. The van der Waals surface area contributed by atoms with E-state index in [-0.39, 0.29) is 19.1 Å². The predicted octanol–water partition coefficient (Wildman–Crippen LogP) is 4.35. The Morgan fingerprint density at radius 2 is 2.10 bits per heavy atom. The molecule has 0 unspecified atom stereocenters. The van der Waals surface area contributed by atoms with E-state index >= 15 is 0 Å². The average molecular weight is 427 g/mol. The van der Waals surface area contributed by atoms with E-state index in [4.69, 9.17) is 7.48 Å². The standard InChI is InChI=1S/C23H32N4O2Si/c1-7-26-16-21(18-13-25-27(15-18)17-29-10-11-30(4,5)6)20-12-19(24-14-22(20)26)8-9-23(2,3)28/h12-16,28H,7,10-11,17H2,1-6H3/i13D,15D. The van der Waals surface area contributed by atoms with Gasteiger partial charge < -0.3 is 14.4 Å². The monoisotopic (exact) mass is 426 g/mol. The maximum Gasteiger partial charge on any atom is 0.139 e. The second-order valence-electron chi connectivity index (χ2n) is 9.17. The van der Waals surface area contributed by atoms with Gasteiger partial charge in [0.2, 0.25) is 0 Å². The topological polar surface area (TPSA) is 65.1 Å². The van der Waals surface area contributed by atoms with Crippen molar-refractivity contribution in [1.29, 1.82) is 0 Å². The first-order chi connectivity index (χ1) is 14.9. The molecular formula is C23H32N4O2Si. The van der Waals surface area contributed by atoms with E-state index in [2.05, 4.69) is 41.6 Å². The van der Waals surface area contributed by atoms with Gasteiger partial charge in [-0.1, -0.05) is 25.6 Å². The van der Waals surface area contributed by atoms with E-state index in [1.165, 1.54) is 4.68 Å². The first kappa shape index (κ1) is 19.6. The zero-order valence-corrected chi connectivity index (χ0v) is 19.7. The molecule has 0 aromatic carbocycles. The molecule has 0 fully saturated rings. The summed E-state index contributed by atoms with van der Waals surface area (Å²) in [5.74, 6) is 5.69. The van der Waals surface area contributed by atoms with Gasteiger partial charge >= 0.3 is 0 Å². The highest BCUT2D eigenvalue weighted by Gasteiger charge is 2.14. The third-order valence-corrected chi connectivity index (χ3v) is 6.31. The summed E-state index contributed by atoms with van der Waals surface area (Å²) in [6.45, 7) is 13.7. The van der Waals surface area contributed by atoms with Crippen molar-refractivity contribution >= 4 is 19.0 Å². The van der Waals surface area contributed by atoms with Crippen LogP contribution in [0.3, 0.4) is 0 Å². The van der Waals surface area contributed by atoms with Crippen LogP contribution in [-0.2, 0) is 18.0 Å².